The molecule has 24 heavy (non-hydrogen) atoms. The minimum Gasteiger partial charge on any atom is -0.456 e. The molecule has 4 heteroatoms. The number of fused-ring (bicyclic) bond motifs is 3. The molecule has 4 aromatic rings. The maximum absolute atomic E-state index is 8.15. The van der Waals surface area contributed by atoms with Crippen LogP contribution in [0.25, 0.3) is 21.9 Å². The maximum Gasteiger partial charge on any atom is 0.154 e. The molecule has 0 radical (unpaired) electrons. The average molecular weight is 313 g/mol. The van der Waals surface area contributed by atoms with Gasteiger partial charge in [-0.3, -0.25) is 5.41 Å². The molecule has 0 spiro atoms. The Labute approximate surface area is 138 Å². The van der Waals surface area contributed by atoms with Crippen LogP contribution in [0, 0.1) is 5.41 Å². The Morgan fingerprint density at radius 1 is 0.833 bits per heavy atom. The Hall–Kier alpha value is -3.40. The van der Waals surface area contributed by atoms with Crippen LogP contribution in [0.15, 0.2) is 82.2 Å². The summed E-state index contributed by atoms with van der Waals surface area (Å²) in [5.41, 5.74) is 9.29. The van der Waals surface area contributed by atoms with E-state index in [1.54, 1.807) is 0 Å². The third-order valence-electron chi connectivity index (χ3n) is 3.96. The summed E-state index contributed by atoms with van der Waals surface area (Å²) in [7, 11) is 0. The number of rotatable bonds is 2. The van der Waals surface area contributed by atoms with Crippen LogP contribution in [-0.4, -0.2) is 11.7 Å². The van der Waals surface area contributed by atoms with Crippen molar-refractivity contribution in [2.75, 3.05) is 0 Å². The normalized spacial score (nSPS) is 11.9. The van der Waals surface area contributed by atoms with E-state index in [1.165, 1.54) is 0 Å². The number of amidine groups is 2. The molecule has 0 saturated carbocycles. The average Bonchev–Trinajstić information content (AvgIpc) is 3.01. The predicted molar refractivity (Wildman–Crippen MR) is 97.7 cm³/mol. The van der Waals surface area contributed by atoms with E-state index in [1.807, 2.05) is 72.8 Å². The molecule has 3 aromatic carbocycles. The third kappa shape index (κ3) is 2.34. The lowest BCUT2D eigenvalue weighted by molar-refractivity contribution is 0.669. The number of benzene rings is 3. The topological polar surface area (TPSA) is 75.4 Å². The Balaban J connectivity index is 1.87. The minimum absolute atomic E-state index is 0.137. The van der Waals surface area contributed by atoms with Crippen LogP contribution in [0.1, 0.15) is 11.1 Å². The van der Waals surface area contributed by atoms with Crippen molar-refractivity contribution in [2.45, 2.75) is 0 Å². The summed E-state index contributed by atoms with van der Waals surface area (Å²) in [6.45, 7) is 0. The second kappa shape index (κ2) is 5.66. The van der Waals surface area contributed by atoms with Gasteiger partial charge in [-0.2, -0.15) is 0 Å². The first kappa shape index (κ1) is 14.2. The fraction of sp³-hybridized carbons (Fsp3) is 0. The minimum atomic E-state index is 0.137. The van der Waals surface area contributed by atoms with Crippen molar-refractivity contribution in [1.82, 2.24) is 0 Å². The molecular formula is C20H15N3O. The van der Waals surface area contributed by atoms with Gasteiger partial charge in [-0.15, -0.1) is 0 Å². The molecule has 0 atom stereocenters. The van der Waals surface area contributed by atoms with Crippen molar-refractivity contribution in [3.8, 4) is 0 Å². The lowest BCUT2D eigenvalue weighted by Crippen LogP contribution is -2.16. The largest absolute Gasteiger partial charge is 0.456 e. The quantitative estimate of drug-likeness (QED) is 0.427. The van der Waals surface area contributed by atoms with Gasteiger partial charge in [0.05, 0.1) is 0 Å². The highest BCUT2D eigenvalue weighted by molar-refractivity contribution is 6.20. The Bertz CT molecular complexity index is 1080. The zero-order valence-electron chi connectivity index (χ0n) is 12.9. The first-order valence-corrected chi connectivity index (χ1v) is 7.63. The van der Waals surface area contributed by atoms with E-state index in [9.17, 15) is 0 Å². The van der Waals surface area contributed by atoms with Crippen molar-refractivity contribution in [1.29, 1.82) is 5.41 Å². The molecule has 0 aliphatic carbocycles. The molecule has 1 heterocycles. The monoisotopic (exact) mass is 313 g/mol. The number of furan rings is 1. The summed E-state index contributed by atoms with van der Waals surface area (Å²) in [5, 5.41) is 10.1. The molecule has 0 unspecified atom stereocenters. The maximum atomic E-state index is 8.15. The highest BCUT2D eigenvalue weighted by Gasteiger charge is 2.13. The fourth-order valence-electron chi connectivity index (χ4n) is 2.83. The SMILES string of the molecule is N=C(N=C(N)c1cccc2oc3ccccc3c12)c1ccccc1. The zero-order valence-corrected chi connectivity index (χ0v) is 12.9. The summed E-state index contributed by atoms with van der Waals surface area (Å²) >= 11 is 0. The molecule has 3 N–H and O–H groups in total. The molecule has 116 valence electrons. The van der Waals surface area contributed by atoms with E-state index in [2.05, 4.69) is 4.99 Å². The smallest absolute Gasteiger partial charge is 0.154 e. The van der Waals surface area contributed by atoms with E-state index in [-0.39, 0.29) is 5.84 Å². The van der Waals surface area contributed by atoms with Crippen molar-refractivity contribution in [2.24, 2.45) is 10.7 Å². The van der Waals surface area contributed by atoms with Crippen molar-refractivity contribution < 1.29 is 4.42 Å². The predicted octanol–water partition coefficient (Wildman–Crippen LogP) is 4.32. The Kier molecular flexibility index (Phi) is 3.35. The molecule has 1 aromatic heterocycles. The van der Waals surface area contributed by atoms with Gasteiger partial charge in [0.2, 0.25) is 0 Å². The van der Waals surface area contributed by atoms with Crippen LogP contribution in [0.4, 0.5) is 0 Å². The molecule has 0 bridgehead atoms. The first-order chi connectivity index (χ1) is 11.7. The fourth-order valence-corrected chi connectivity index (χ4v) is 2.83. The number of nitrogens with two attached hydrogens (primary N) is 1. The van der Waals surface area contributed by atoms with Crippen LogP contribution in [0.2, 0.25) is 0 Å². The summed E-state index contributed by atoms with van der Waals surface area (Å²) in [6, 6.07) is 22.9. The van der Waals surface area contributed by atoms with Gasteiger partial charge in [-0.1, -0.05) is 60.7 Å². The standard InChI is InChI=1S/C20H15N3O/c21-19(13-7-2-1-3-8-13)23-20(22)15-10-6-12-17-18(15)14-9-4-5-11-16(14)24-17/h1-12H,(H3,21,22,23). The lowest BCUT2D eigenvalue weighted by atomic mass is 10.1. The van der Waals surface area contributed by atoms with Gasteiger partial charge in [0.25, 0.3) is 0 Å². The lowest BCUT2D eigenvalue weighted by Gasteiger charge is -2.04. The summed E-state index contributed by atoms with van der Waals surface area (Å²) < 4.78 is 5.87. The number of hydrogen-bond donors (Lipinski definition) is 2. The van der Waals surface area contributed by atoms with Crippen LogP contribution >= 0.6 is 0 Å². The first-order valence-electron chi connectivity index (χ1n) is 7.63. The highest BCUT2D eigenvalue weighted by Crippen LogP contribution is 2.31. The third-order valence-corrected chi connectivity index (χ3v) is 3.96. The number of nitrogens with one attached hydrogen (secondary N) is 1. The summed E-state index contributed by atoms with van der Waals surface area (Å²) in [4.78, 5) is 4.29. The van der Waals surface area contributed by atoms with E-state index in [0.717, 1.165) is 33.1 Å². The van der Waals surface area contributed by atoms with Gasteiger partial charge in [-0.25, -0.2) is 4.99 Å². The van der Waals surface area contributed by atoms with Crippen molar-refractivity contribution in [3.63, 3.8) is 0 Å². The summed E-state index contributed by atoms with van der Waals surface area (Å²) in [5.74, 6) is 0.443. The van der Waals surface area contributed by atoms with Gasteiger partial charge in [0.15, 0.2) is 5.84 Å². The molecule has 0 amide bonds. The van der Waals surface area contributed by atoms with Gasteiger partial charge < -0.3 is 10.2 Å². The van der Waals surface area contributed by atoms with E-state index in [4.69, 9.17) is 15.6 Å². The van der Waals surface area contributed by atoms with Crippen LogP contribution in [0.5, 0.6) is 0 Å². The van der Waals surface area contributed by atoms with Crippen molar-refractivity contribution in [3.05, 3.63) is 83.9 Å². The molecule has 0 fully saturated rings. The van der Waals surface area contributed by atoms with E-state index < -0.39 is 0 Å². The van der Waals surface area contributed by atoms with E-state index >= 15 is 0 Å². The molecule has 0 aliphatic heterocycles. The Morgan fingerprint density at radius 3 is 2.38 bits per heavy atom. The van der Waals surface area contributed by atoms with Crippen LogP contribution in [-0.2, 0) is 0 Å². The molecule has 4 rings (SSSR count). The molecule has 4 nitrogen and oxygen atoms in total. The van der Waals surface area contributed by atoms with Crippen LogP contribution in [0.3, 0.4) is 0 Å². The van der Waals surface area contributed by atoms with Gasteiger partial charge >= 0.3 is 0 Å². The number of hydrogen-bond acceptors (Lipinski definition) is 2. The van der Waals surface area contributed by atoms with Gasteiger partial charge in [0, 0.05) is 21.9 Å². The molecule has 0 aliphatic rings. The highest BCUT2D eigenvalue weighted by atomic mass is 16.3. The van der Waals surface area contributed by atoms with Gasteiger partial charge in [-0.05, 0) is 12.1 Å². The number of para-hydroxylation sites is 1. The number of nitrogens with zero attached hydrogens (tertiary/aromatic N) is 1. The second-order valence-electron chi connectivity index (χ2n) is 5.49. The summed E-state index contributed by atoms with van der Waals surface area (Å²) in [6.07, 6.45) is 0. The van der Waals surface area contributed by atoms with E-state index in [0.29, 0.717) is 5.84 Å². The molecular weight excluding hydrogens is 298 g/mol. The second-order valence-corrected chi connectivity index (χ2v) is 5.49. The molecule has 0 saturated heterocycles. The van der Waals surface area contributed by atoms with Gasteiger partial charge in [0.1, 0.15) is 17.0 Å². The van der Waals surface area contributed by atoms with Crippen LogP contribution < -0.4 is 5.73 Å². The Morgan fingerprint density at radius 2 is 1.54 bits per heavy atom. The zero-order chi connectivity index (χ0) is 16.5. The van der Waals surface area contributed by atoms with Crippen molar-refractivity contribution >= 4 is 33.6 Å². The number of aliphatic imine (C=N–C) groups is 1.